The van der Waals surface area contributed by atoms with Gasteiger partial charge in [0.05, 0.1) is 25.5 Å². The topological polar surface area (TPSA) is 63.0 Å². The molecule has 2 unspecified atom stereocenters. The third-order valence-corrected chi connectivity index (χ3v) is 4.39. The van der Waals surface area contributed by atoms with E-state index in [1.807, 2.05) is 13.0 Å². The van der Waals surface area contributed by atoms with Gasteiger partial charge in [0, 0.05) is 19.7 Å². The zero-order valence-corrected chi connectivity index (χ0v) is 15.7. The number of furan rings is 1. The number of amides is 2. The first kappa shape index (κ1) is 19.8. The van der Waals surface area contributed by atoms with E-state index in [4.69, 9.17) is 20.8 Å². The van der Waals surface area contributed by atoms with Crippen molar-refractivity contribution < 1.29 is 18.7 Å². The number of halogens is 1. The molecule has 2 rings (SSSR count). The van der Waals surface area contributed by atoms with Crippen molar-refractivity contribution in [1.82, 2.24) is 9.80 Å². The van der Waals surface area contributed by atoms with Gasteiger partial charge < -0.3 is 19.0 Å². The van der Waals surface area contributed by atoms with Crippen LogP contribution < -0.4 is 0 Å². The molecule has 0 spiro atoms. The summed E-state index contributed by atoms with van der Waals surface area (Å²) in [6.45, 7) is 5.74. The molecule has 1 aromatic heterocycles. The highest BCUT2D eigenvalue weighted by Gasteiger charge is 2.27. The number of hydrogen-bond acceptors (Lipinski definition) is 4. The lowest BCUT2D eigenvalue weighted by Crippen LogP contribution is -2.46. The van der Waals surface area contributed by atoms with Crippen LogP contribution in [-0.2, 0) is 20.9 Å². The van der Waals surface area contributed by atoms with E-state index < -0.39 is 5.38 Å². The maximum absolute atomic E-state index is 12.9. The van der Waals surface area contributed by atoms with E-state index in [0.29, 0.717) is 25.4 Å². The summed E-state index contributed by atoms with van der Waals surface area (Å²) in [6.07, 6.45) is 4.36. The van der Waals surface area contributed by atoms with Crippen molar-refractivity contribution in [2.75, 3.05) is 26.2 Å². The highest BCUT2D eigenvalue weighted by atomic mass is 35.5. The number of alkyl halides is 1. The largest absolute Gasteiger partial charge is 0.467 e. The molecular formula is C18H27ClN2O4. The molecule has 25 heavy (non-hydrogen) atoms. The number of hydrogen-bond donors (Lipinski definition) is 0. The van der Waals surface area contributed by atoms with Crippen LogP contribution in [0.5, 0.6) is 0 Å². The average Bonchev–Trinajstić information content (AvgIpc) is 3.26. The second-order valence-corrected chi connectivity index (χ2v) is 7.02. The van der Waals surface area contributed by atoms with Crippen LogP contribution in [0.2, 0.25) is 0 Å². The molecule has 0 saturated carbocycles. The van der Waals surface area contributed by atoms with E-state index in [2.05, 4.69) is 0 Å². The fourth-order valence-corrected chi connectivity index (χ4v) is 3.07. The first-order chi connectivity index (χ1) is 12.0. The third-order valence-electron chi connectivity index (χ3n) is 4.20. The van der Waals surface area contributed by atoms with Gasteiger partial charge >= 0.3 is 0 Å². The molecule has 1 fully saturated rings. The SMILES string of the molecule is CCCN(CC(=O)N(Cc1ccco1)CC1CCCO1)C(=O)C(C)Cl. The summed E-state index contributed by atoms with van der Waals surface area (Å²) >= 11 is 5.92. The third kappa shape index (κ3) is 6.04. The maximum Gasteiger partial charge on any atom is 0.242 e. The summed E-state index contributed by atoms with van der Waals surface area (Å²) in [7, 11) is 0. The summed E-state index contributed by atoms with van der Waals surface area (Å²) in [5, 5.41) is -0.643. The molecule has 7 heteroatoms. The van der Waals surface area contributed by atoms with E-state index in [1.54, 1.807) is 24.2 Å². The number of carbonyl (C=O) groups excluding carboxylic acids is 2. The molecule has 1 saturated heterocycles. The van der Waals surface area contributed by atoms with Crippen molar-refractivity contribution in [2.45, 2.75) is 51.1 Å². The highest BCUT2D eigenvalue weighted by molar-refractivity contribution is 6.30. The molecule has 2 heterocycles. The van der Waals surface area contributed by atoms with Gasteiger partial charge in [-0.1, -0.05) is 6.92 Å². The lowest BCUT2D eigenvalue weighted by Gasteiger charge is -2.29. The second-order valence-electron chi connectivity index (χ2n) is 6.36. The van der Waals surface area contributed by atoms with Crippen LogP contribution in [-0.4, -0.2) is 59.3 Å². The zero-order chi connectivity index (χ0) is 18.2. The van der Waals surface area contributed by atoms with Crippen LogP contribution in [0, 0.1) is 0 Å². The van der Waals surface area contributed by atoms with Crippen LogP contribution in [0.3, 0.4) is 0 Å². The van der Waals surface area contributed by atoms with Gasteiger partial charge in [-0.3, -0.25) is 9.59 Å². The Kier molecular flexibility index (Phi) is 7.78. The molecule has 2 amide bonds. The zero-order valence-electron chi connectivity index (χ0n) is 14.9. The van der Waals surface area contributed by atoms with Crippen molar-refractivity contribution in [3.05, 3.63) is 24.2 Å². The van der Waals surface area contributed by atoms with Crippen LogP contribution in [0.4, 0.5) is 0 Å². The summed E-state index contributed by atoms with van der Waals surface area (Å²) in [4.78, 5) is 28.3. The van der Waals surface area contributed by atoms with Gasteiger partial charge in [-0.15, -0.1) is 11.6 Å². The molecule has 0 radical (unpaired) electrons. The van der Waals surface area contributed by atoms with Crippen LogP contribution in [0.25, 0.3) is 0 Å². The fourth-order valence-electron chi connectivity index (χ4n) is 2.93. The Balaban J connectivity index is 2.04. The number of ether oxygens (including phenoxy) is 1. The molecule has 0 aromatic carbocycles. The Morgan fingerprint density at radius 3 is 2.76 bits per heavy atom. The van der Waals surface area contributed by atoms with Crippen LogP contribution in [0.1, 0.15) is 38.9 Å². The number of carbonyl (C=O) groups is 2. The van der Waals surface area contributed by atoms with Gasteiger partial charge in [0.15, 0.2) is 0 Å². The molecule has 0 aliphatic carbocycles. The van der Waals surface area contributed by atoms with E-state index in [9.17, 15) is 9.59 Å². The summed E-state index contributed by atoms with van der Waals surface area (Å²) in [6, 6.07) is 3.64. The second kappa shape index (κ2) is 9.82. The van der Waals surface area contributed by atoms with Gasteiger partial charge in [-0.25, -0.2) is 0 Å². The summed E-state index contributed by atoms with van der Waals surface area (Å²) in [5.74, 6) is 0.378. The molecule has 1 aromatic rings. The van der Waals surface area contributed by atoms with Crippen molar-refractivity contribution in [3.8, 4) is 0 Å². The van der Waals surface area contributed by atoms with Crippen molar-refractivity contribution in [2.24, 2.45) is 0 Å². The van der Waals surface area contributed by atoms with Gasteiger partial charge in [-0.2, -0.15) is 0 Å². The molecular weight excluding hydrogens is 344 g/mol. The van der Waals surface area contributed by atoms with Crippen molar-refractivity contribution in [3.63, 3.8) is 0 Å². The molecule has 6 nitrogen and oxygen atoms in total. The van der Waals surface area contributed by atoms with Crippen LogP contribution >= 0.6 is 11.6 Å². The number of nitrogens with zero attached hydrogens (tertiary/aromatic N) is 2. The minimum atomic E-state index is -0.643. The van der Waals surface area contributed by atoms with Crippen LogP contribution in [0.15, 0.2) is 22.8 Å². The maximum atomic E-state index is 12.9. The van der Waals surface area contributed by atoms with Crippen molar-refractivity contribution >= 4 is 23.4 Å². The van der Waals surface area contributed by atoms with Gasteiger partial charge in [0.25, 0.3) is 0 Å². The minimum absolute atomic E-state index is 0.0250. The molecule has 0 bridgehead atoms. The molecule has 140 valence electrons. The van der Waals surface area contributed by atoms with Crippen molar-refractivity contribution in [1.29, 1.82) is 0 Å². The first-order valence-electron chi connectivity index (χ1n) is 8.85. The molecule has 1 aliphatic heterocycles. The molecule has 0 N–H and O–H groups in total. The summed E-state index contributed by atoms with van der Waals surface area (Å²) < 4.78 is 11.0. The van der Waals surface area contributed by atoms with Gasteiger partial charge in [0.1, 0.15) is 11.1 Å². The van der Waals surface area contributed by atoms with E-state index in [1.165, 1.54) is 4.90 Å². The lowest BCUT2D eigenvalue weighted by atomic mass is 10.2. The van der Waals surface area contributed by atoms with E-state index in [0.717, 1.165) is 25.9 Å². The molecule has 1 aliphatic rings. The average molecular weight is 371 g/mol. The van der Waals surface area contributed by atoms with Gasteiger partial charge in [-0.05, 0) is 38.3 Å². The highest BCUT2D eigenvalue weighted by Crippen LogP contribution is 2.16. The Morgan fingerprint density at radius 1 is 1.40 bits per heavy atom. The fraction of sp³-hybridized carbons (Fsp3) is 0.667. The lowest BCUT2D eigenvalue weighted by molar-refractivity contribution is -0.141. The monoisotopic (exact) mass is 370 g/mol. The normalized spacial score (nSPS) is 18.1. The predicted molar refractivity (Wildman–Crippen MR) is 95.3 cm³/mol. The Morgan fingerprint density at radius 2 is 2.20 bits per heavy atom. The standard InChI is InChI=1S/C18H27ClN2O4/c1-3-8-20(18(23)14(2)19)13-17(22)21(11-15-6-4-9-24-15)12-16-7-5-10-25-16/h4,6,9,14,16H,3,5,7-8,10-13H2,1-2H3. The van der Waals surface area contributed by atoms with Gasteiger partial charge in [0.2, 0.25) is 11.8 Å². The quantitative estimate of drug-likeness (QED) is 0.627. The van der Waals surface area contributed by atoms with E-state index >= 15 is 0 Å². The Labute approximate surface area is 154 Å². The first-order valence-corrected chi connectivity index (χ1v) is 9.29. The Hall–Kier alpha value is -1.53. The summed E-state index contributed by atoms with van der Waals surface area (Å²) in [5.41, 5.74) is 0. The number of rotatable bonds is 9. The Bertz CT molecular complexity index is 541. The smallest absolute Gasteiger partial charge is 0.242 e. The predicted octanol–water partition coefficient (Wildman–Crippen LogP) is 2.65. The molecule has 2 atom stereocenters. The van der Waals surface area contributed by atoms with E-state index in [-0.39, 0.29) is 24.5 Å². The minimum Gasteiger partial charge on any atom is -0.467 e.